The molecule has 1 fully saturated rings. The van der Waals surface area contributed by atoms with Gasteiger partial charge in [0.1, 0.15) is 11.4 Å². The molecule has 1 rings (SSSR count). The van der Waals surface area contributed by atoms with Crippen LogP contribution >= 0.6 is 0 Å². The Morgan fingerprint density at radius 1 is 1.18 bits per heavy atom. The molecule has 0 amide bonds. The van der Waals surface area contributed by atoms with Crippen LogP contribution in [0.25, 0.3) is 0 Å². The highest BCUT2D eigenvalue weighted by molar-refractivity contribution is 5.89. The first kappa shape index (κ1) is 14.5. The van der Waals surface area contributed by atoms with E-state index in [4.69, 9.17) is 10.5 Å². The van der Waals surface area contributed by atoms with Crippen molar-refractivity contribution in [1.29, 1.82) is 0 Å². The van der Waals surface area contributed by atoms with E-state index in [1.54, 1.807) is 0 Å². The zero-order valence-corrected chi connectivity index (χ0v) is 11.9. The molecule has 1 aliphatic carbocycles. The molecule has 3 heteroatoms. The van der Waals surface area contributed by atoms with Gasteiger partial charge in [-0.1, -0.05) is 25.7 Å². The number of hydrogen-bond donors (Lipinski definition) is 1. The maximum Gasteiger partial charge on any atom is 0.127 e. The third-order valence-electron chi connectivity index (χ3n) is 3.25. The highest BCUT2D eigenvalue weighted by Gasteiger charge is 2.36. The van der Waals surface area contributed by atoms with Crippen LogP contribution in [0.2, 0.25) is 0 Å². The molecule has 0 aromatic carbocycles. The Balaban J connectivity index is 2.92. The summed E-state index contributed by atoms with van der Waals surface area (Å²) in [6.07, 6.45) is 7.01. The summed E-state index contributed by atoms with van der Waals surface area (Å²) in [5, 5.41) is 0. The monoisotopic (exact) mass is 240 g/mol. The number of ether oxygens (including phenoxy) is 1. The fourth-order valence-corrected chi connectivity index (χ4v) is 2.51. The first-order chi connectivity index (χ1) is 7.90. The van der Waals surface area contributed by atoms with Crippen LogP contribution in [0, 0.1) is 0 Å². The Kier molecular flexibility index (Phi) is 4.99. The van der Waals surface area contributed by atoms with Crippen molar-refractivity contribution in [2.75, 3.05) is 6.61 Å². The summed E-state index contributed by atoms with van der Waals surface area (Å²) in [6, 6.07) is 0. The van der Waals surface area contributed by atoms with Crippen LogP contribution < -0.4 is 5.73 Å². The Bertz CT molecular complexity index is 258. The van der Waals surface area contributed by atoms with Gasteiger partial charge in [-0.2, -0.15) is 0 Å². The molecule has 0 heterocycles. The summed E-state index contributed by atoms with van der Waals surface area (Å²) in [4.78, 5) is 4.63. The second-order valence-corrected chi connectivity index (χ2v) is 6.01. The Hall–Kier alpha value is -0.570. The molecule has 0 aliphatic heterocycles. The van der Waals surface area contributed by atoms with Crippen LogP contribution in [0.15, 0.2) is 4.99 Å². The quantitative estimate of drug-likeness (QED) is 0.467. The first-order valence-electron chi connectivity index (χ1n) is 6.89. The molecular weight excluding hydrogens is 212 g/mol. The molecule has 0 unspecified atom stereocenters. The standard InChI is InChI=1S/C14H28N2O/c1-5-17-14(10-8-6-7-9-11-14)12(15)16-13(2,3)4/h5-11H2,1-4H3,(H2,15,16). The van der Waals surface area contributed by atoms with E-state index in [0.717, 1.165) is 12.8 Å². The third kappa shape index (κ3) is 4.30. The maximum atomic E-state index is 6.25. The van der Waals surface area contributed by atoms with Gasteiger partial charge < -0.3 is 10.5 Å². The first-order valence-corrected chi connectivity index (χ1v) is 6.89. The number of nitrogens with two attached hydrogens (primary N) is 1. The molecule has 0 aromatic heterocycles. The van der Waals surface area contributed by atoms with E-state index >= 15 is 0 Å². The van der Waals surface area contributed by atoms with Gasteiger partial charge in [-0.3, -0.25) is 4.99 Å². The largest absolute Gasteiger partial charge is 0.385 e. The molecule has 1 saturated carbocycles. The summed E-state index contributed by atoms with van der Waals surface area (Å²) < 4.78 is 6.00. The van der Waals surface area contributed by atoms with Gasteiger partial charge in [-0.25, -0.2) is 0 Å². The van der Waals surface area contributed by atoms with E-state index < -0.39 is 0 Å². The topological polar surface area (TPSA) is 47.6 Å². The lowest BCUT2D eigenvalue weighted by Gasteiger charge is -2.33. The molecule has 1 aliphatic rings. The fraction of sp³-hybridized carbons (Fsp3) is 0.929. The van der Waals surface area contributed by atoms with Gasteiger partial charge in [-0.05, 0) is 40.5 Å². The van der Waals surface area contributed by atoms with Crippen molar-refractivity contribution < 1.29 is 4.74 Å². The Labute approximate surface area is 106 Å². The zero-order chi connectivity index (χ0) is 12.9. The molecule has 3 nitrogen and oxygen atoms in total. The number of aliphatic imine (C=N–C) groups is 1. The van der Waals surface area contributed by atoms with E-state index in [1.807, 2.05) is 6.92 Å². The Morgan fingerprint density at radius 2 is 1.71 bits per heavy atom. The minimum atomic E-state index is -0.293. The number of nitrogens with zero attached hydrogens (tertiary/aromatic N) is 1. The van der Waals surface area contributed by atoms with Crippen LogP contribution in [0.4, 0.5) is 0 Å². The summed E-state index contributed by atoms with van der Waals surface area (Å²) in [6.45, 7) is 8.99. The second-order valence-electron chi connectivity index (χ2n) is 6.01. The summed E-state index contributed by atoms with van der Waals surface area (Å²) in [7, 11) is 0. The molecule has 2 N–H and O–H groups in total. The minimum absolute atomic E-state index is 0.125. The molecule has 17 heavy (non-hydrogen) atoms. The van der Waals surface area contributed by atoms with E-state index in [1.165, 1.54) is 25.7 Å². The van der Waals surface area contributed by atoms with Crippen LogP contribution in [-0.2, 0) is 4.74 Å². The van der Waals surface area contributed by atoms with Gasteiger partial charge in [0.25, 0.3) is 0 Å². The molecule has 0 spiro atoms. The SMILES string of the molecule is CCOC1(C(N)=NC(C)(C)C)CCCCCC1. The van der Waals surface area contributed by atoms with Gasteiger partial charge in [0.2, 0.25) is 0 Å². The van der Waals surface area contributed by atoms with Crippen LogP contribution in [0.3, 0.4) is 0 Å². The predicted octanol–water partition coefficient (Wildman–Crippen LogP) is 3.27. The lowest BCUT2D eigenvalue weighted by atomic mass is 9.92. The highest BCUT2D eigenvalue weighted by atomic mass is 16.5. The molecule has 0 atom stereocenters. The van der Waals surface area contributed by atoms with Crippen LogP contribution in [0.5, 0.6) is 0 Å². The second kappa shape index (κ2) is 5.85. The normalized spacial score (nSPS) is 22.2. The Morgan fingerprint density at radius 3 is 2.12 bits per heavy atom. The minimum Gasteiger partial charge on any atom is -0.385 e. The van der Waals surface area contributed by atoms with E-state index in [-0.39, 0.29) is 11.1 Å². The van der Waals surface area contributed by atoms with Gasteiger partial charge in [0.05, 0.1) is 5.54 Å². The van der Waals surface area contributed by atoms with Crippen LogP contribution in [0.1, 0.15) is 66.2 Å². The smallest absolute Gasteiger partial charge is 0.127 e. The van der Waals surface area contributed by atoms with Gasteiger partial charge >= 0.3 is 0 Å². The lowest BCUT2D eigenvalue weighted by molar-refractivity contribution is 0.00282. The highest BCUT2D eigenvalue weighted by Crippen LogP contribution is 2.31. The average Bonchev–Trinajstić information content (AvgIpc) is 2.42. The van der Waals surface area contributed by atoms with Crippen molar-refractivity contribution in [3.8, 4) is 0 Å². The predicted molar refractivity (Wildman–Crippen MR) is 73.4 cm³/mol. The van der Waals surface area contributed by atoms with Crippen molar-refractivity contribution in [2.24, 2.45) is 10.7 Å². The van der Waals surface area contributed by atoms with E-state index in [2.05, 4.69) is 25.8 Å². The van der Waals surface area contributed by atoms with Crippen molar-refractivity contribution in [1.82, 2.24) is 0 Å². The number of hydrogen-bond acceptors (Lipinski definition) is 2. The molecular formula is C14H28N2O. The molecule has 0 saturated heterocycles. The zero-order valence-electron chi connectivity index (χ0n) is 11.9. The average molecular weight is 240 g/mol. The molecule has 100 valence electrons. The van der Waals surface area contributed by atoms with Gasteiger partial charge in [-0.15, -0.1) is 0 Å². The van der Waals surface area contributed by atoms with Gasteiger partial charge in [0.15, 0.2) is 0 Å². The van der Waals surface area contributed by atoms with Gasteiger partial charge in [0, 0.05) is 6.61 Å². The molecule has 0 bridgehead atoms. The maximum absolute atomic E-state index is 6.25. The molecule has 0 radical (unpaired) electrons. The number of amidine groups is 1. The van der Waals surface area contributed by atoms with Crippen molar-refractivity contribution in [3.63, 3.8) is 0 Å². The van der Waals surface area contributed by atoms with E-state index in [9.17, 15) is 0 Å². The van der Waals surface area contributed by atoms with Crippen molar-refractivity contribution in [2.45, 2.75) is 77.4 Å². The summed E-state index contributed by atoms with van der Waals surface area (Å²) in [5.41, 5.74) is 5.83. The number of rotatable bonds is 3. The fourth-order valence-electron chi connectivity index (χ4n) is 2.51. The molecule has 0 aromatic rings. The lowest BCUT2D eigenvalue weighted by Crippen LogP contribution is -2.47. The summed E-state index contributed by atoms with van der Waals surface area (Å²) >= 11 is 0. The van der Waals surface area contributed by atoms with Crippen molar-refractivity contribution >= 4 is 5.84 Å². The third-order valence-corrected chi connectivity index (χ3v) is 3.25. The summed E-state index contributed by atoms with van der Waals surface area (Å²) in [5.74, 6) is 0.703. The van der Waals surface area contributed by atoms with E-state index in [0.29, 0.717) is 12.4 Å². The van der Waals surface area contributed by atoms with Crippen LogP contribution in [-0.4, -0.2) is 23.6 Å². The van der Waals surface area contributed by atoms with Crippen molar-refractivity contribution in [3.05, 3.63) is 0 Å².